The average Bonchev–Trinajstić information content (AvgIpc) is 2.27. The second kappa shape index (κ2) is 4.09. The predicted octanol–water partition coefficient (Wildman–Crippen LogP) is 3.73. The minimum Gasteiger partial charge on any atom is -0.256 e. The van der Waals surface area contributed by atoms with Crippen molar-refractivity contribution in [2.75, 3.05) is 5.33 Å². The van der Waals surface area contributed by atoms with E-state index in [9.17, 15) is 0 Å². The number of halogens is 1. The molecule has 0 spiro atoms. The Morgan fingerprint density at radius 3 is 3.00 bits per heavy atom. The second-order valence-corrected chi connectivity index (χ2v) is 4.16. The highest BCUT2D eigenvalue weighted by Crippen LogP contribution is 2.21. The lowest BCUT2D eigenvalue weighted by Gasteiger charge is -2.08. The molecule has 0 aliphatic rings. The second-order valence-electron chi connectivity index (χ2n) is 3.51. The molecule has 0 aliphatic heterocycles. The number of fused-ring (bicyclic) bond motifs is 1. The van der Waals surface area contributed by atoms with Crippen LogP contribution in [-0.2, 0) is 0 Å². The van der Waals surface area contributed by atoms with E-state index < -0.39 is 0 Å². The van der Waals surface area contributed by atoms with Crippen molar-refractivity contribution in [3.05, 3.63) is 42.1 Å². The van der Waals surface area contributed by atoms with Crippen LogP contribution < -0.4 is 0 Å². The first-order valence-corrected chi connectivity index (χ1v) is 5.84. The molecule has 0 bridgehead atoms. The van der Waals surface area contributed by atoms with E-state index in [4.69, 9.17) is 0 Å². The van der Waals surface area contributed by atoms with Gasteiger partial charge in [0.05, 0.1) is 5.52 Å². The maximum atomic E-state index is 4.34. The number of benzene rings is 1. The number of nitrogens with zero attached hydrogens (tertiary/aromatic N) is 1. The van der Waals surface area contributed by atoms with Crippen LogP contribution in [0.2, 0.25) is 0 Å². The van der Waals surface area contributed by atoms with Gasteiger partial charge in [0.2, 0.25) is 0 Å². The fourth-order valence-electron chi connectivity index (χ4n) is 1.48. The van der Waals surface area contributed by atoms with Crippen LogP contribution in [0.3, 0.4) is 0 Å². The third-order valence-corrected chi connectivity index (χ3v) is 3.40. The zero-order chi connectivity index (χ0) is 9.97. The van der Waals surface area contributed by atoms with Crippen LogP contribution in [0.15, 0.2) is 36.5 Å². The van der Waals surface area contributed by atoms with Crippen molar-refractivity contribution in [2.45, 2.75) is 12.8 Å². The molecular weight excluding hydrogens is 238 g/mol. The van der Waals surface area contributed by atoms with Crippen LogP contribution in [0.1, 0.15) is 18.4 Å². The molecule has 0 saturated heterocycles. The van der Waals surface area contributed by atoms with Gasteiger partial charge < -0.3 is 0 Å². The molecule has 1 heterocycles. The van der Waals surface area contributed by atoms with Gasteiger partial charge in [-0.25, -0.2) is 0 Å². The van der Waals surface area contributed by atoms with E-state index in [1.807, 2.05) is 12.3 Å². The standard InChI is InChI=1S/C12H12BrN/c1-9(8-13)11-5-4-10-3-2-6-14-12(10)7-11/h2-7,9H,8H2,1H3. The molecule has 1 aromatic heterocycles. The molecule has 0 N–H and O–H groups in total. The summed E-state index contributed by atoms with van der Waals surface area (Å²) in [5.74, 6) is 0.543. The molecule has 0 radical (unpaired) electrons. The summed E-state index contributed by atoms with van der Waals surface area (Å²) in [5, 5.41) is 2.20. The fraction of sp³-hybridized carbons (Fsp3) is 0.250. The molecule has 0 aliphatic carbocycles. The van der Waals surface area contributed by atoms with Crippen LogP contribution in [0, 0.1) is 0 Å². The summed E-state index contributed by atoms with van der Waals surface area (Å²) < 4.78 is 0. The zero-order valence-corrected chi connectivity index (χ0v) is 9.66. The molecule has 14 heavy (non-hydrogen) atoms. The van der Waals surface area contributed by atoms with Crippen LogP contribution in [-0.4, -0.2) is 10.3 Å². The SMILES string of the molecule is CC(CBr)c1ccc2cccnc2c1. The Bertz CT molecular complexity index is 439. The average molecular weight is 250 g/mol. The van der Waals surface area contributed by atoms with Gasteiger partial charge in [-0.05, 0) is 23.6 Å². The first-order valence-electron chi connectivity index (χ1n) is 4.72. The maximum Gasteiger partial charge on any atom is 0.0704 e. The lowest BCUT2D eigenvalue weighted by Crippen LogP contribution is -1.94. The molecule has 0 amide bonds. The Morgan fingerprint density at radius 1 is 1.36 bits per heavy atom. The van der Waals surface area contributed by atoms with E-state index in [0.717, 1.165) is 10.8 Å². The van der Waals surface area contributed by atoms with Crippen LogP contribution in [0.5, 0.6) is 0 Å². The minimum absolute atomic E-state index is 0.543. The topological polar surface area (TPSA) is 12.9 Å². The molecule has 2 rings (SSSR count). The predicted molar refractivity (Wildman–Crippen MR) is 64.0 cm³/mol. The van der Waals surface area contributed by atoms with Gasteiger partial charge in [0.25, 0.3) is 0 Å². The number of hydrogen-bond donors (Lipinski definition) is 0. The number of alkyl halides is 1. The van der Waals surface area contributed by atoms with Gasteiger partial charge in [0.1, 0.15) is 0 Å². The van der Waals surface area contributed by atoms with Crippen LogP contribution in [0.4, 0.5) is 0 Å². The van der Waals surface area contributed by atoms with E-state index >= 15 is 0 Å². The monoisotopic (exact) mass is 249 g/mol. The molecule has 1 atom stereocenters. The van der Waals surface area contributed by atoms with Crippen molar-refractivity contribution in [2.24, 2.45) is 0 Å². The van der Waals surface area contributed by atoms with Gasteiger partial charge >= 0.3 is 0 Å². The molecule has 72 valence electrons. The summed E-state index contributed by atoms with van der Waals surface area (Å²) in [7, 11) is 0. The Balaban J connectivity index is 2.51. The van der Waals surface area contributed by atoms with Gasteiger partial charge in [0.15, 0.2) is 0 Å². The van der Waals surface area contributed by atoms with Gasteiger partial charge in [-0.1, -0.05) is 41.1 Å². The summed E-state index contributed by atoms with van der Waals surface area (Å²) in [6.07, 6.45) is 1.84. The third kappa shape index (κ3) is 1.80. The molecule has 1 aromatic carbocycles. The van der Waals surface area contributed by atoms with Gasteiger partial charge in [0, 0.05) is 16.9 Å². The Labute approximate surface area is 92.3 Å². The molecule has 1 nitrogen and oxygen atoms in total. The summed E-state index contributed by atoms with van der Waals surface area (Å²) in [5.41, 5.74) is 2.42. The Hall–Kier alpha value is -0.890. The first kappa shape index (κ1) is 9.66. The van der Waals surface area contributed by atoms with E-state index in [2.05, 4.69) is 52.1 Å². The number of aromatic nitrogens is 1. The van der Waals surface area contributed by atoms with Crippen molar-refractivity contribution in [1.29, 1.82) is 0 Å². The van der Waals surface area contributed by atoms with Crippen LogP contribution in [0.25, 0.3) is 10.9 Å². The normalized spacial score (nSPS) is 13.0. The van der Waals surface area contributed by atoms with Crippen molar-refractivity contribution in [3.8, 4) is 0 Å². The van der Waals surface area contributed by atoms with E-state index in [1.165, 1.54) is 10.9 Å². The Morgan fingerprint density at radius 2 is 2.21 bits per heavy atom. The molecule has 2 heteroatoms. The summed E-state index contributed by atoms with van der Waals surface area (Å²) >= 11 is 3.50. The number of pyridine rings is 1. The molecule has 1 unspecified atom stereocenters. The lowest BCUT2D eigenvalue weighted by atomic mass is 10.0. The number of hydrogen-bond acceptors (Lipinski definition) is 1. The van der Waals surface area contributed by atoms with Crippen molar-refractivity contribution >= 4 is 26.8 Å². The summed E-state index contributed by atoms with van der Waals surface area (Å²) in [6.45, 7) is 2.21. The minimum atomic E-state index is 0.543. The van der Waals surface area contributed by atoms with Crippen molar-refractivity contribution in [1.82, 2.24) is 4.98 Å². The van der Waals surface area contributed by atoms with Gasteiger partial charge in [-0.3, -0.25) is 4.98 Å². The van der Waals surface area contributed by atoms with E-state index in [1.54, 1.807) is 0 Å². The third-order valence-electron chi connectivity index (χ3n) is 2.43. The summed E-state index contributed by atoms with van der Waals surface area (Å²) in [4.78, 5) is 4.34. The fourth-order valence-corrected chi connectivity index (χ4v) is 1.85. The highest BCUT2D eigenvalue weighted by atomic mass is 79.9. The quantitative estimate of drug-likeness (QED) is 0.740. The van der Waals surface area contributed by atoms with Crippen molar-refractivity contribution < 1.29 is 0 Å². The lowest BCUT2D eigenvalue weighted by molar-refractivity contribution is 0.889. The Kier molecular flexibility index (Phi) is 2.82. The molecule has 2 aromatic rings. The zero-order valence-electron chi connectivity index (χ0n) is 8.07. The summed E-state index contributed by atoms with van der Waals surface area (Å²) in [6, 6.07) is 10.5. The molecular formula is C12H12BrN. The van der Waals surface area contributed by atoms with Gasteiger partial charge in [-0.15, -0.1) is 0 Å². The van der Waals surface area contributed by atoms with E-state index in [0.29, 0.717) is 5.92 Å². The molecule has 0 fully saturated rings. The van der Waals surface area contributed by atoms with Crippen molar-refractivity contribution in [3.63, 3.8) is 0 Å². The van der Waals surface area contributed by atoms with Crippen LogP contribution >= 0.6 is 15.9 Å². The van der Waals surface area contributed by atoms with Gasteiger partial charge in [-0.2, -0.15) is 0 Å². The highest BCUT2D eigenvalue weighted by molar-refractivity contribution is 9.09. The largest absolute Gasteiger partial charge is 0.256 e. The molecule has 0 saturated carbocycles. The first-order chi connectivity index (χ1) is 6.81. The number of rotatable bonds is 2. The van der Waals surface area contributed by atoms with E-state index in [-0.39, 0.29) is 0 Å². The smallest absolute Gasteiger partial charge is 0.0704 e. The highest BCUT2D eigenvalue weighted by Gasteiger charge is 2.04. The maximum absolute atomic E-state index is 4.34.